The van der Waals surface area contributed by atoms with Gasteiger partial charge in [0.1, 0.15) is 0 Å². The van der Waals surface area contributed by atoms with E-state index in [1.54, 1.807) is 0 Å². The number of hydrogen-bond donors (Lipinski definition) is 0. The Bertz CT molecular complexity index is 297. The van der Waals surface area contributed by atoms with Gasteiger partial charge in [-0.15, -0.1) is 0 Å². The molecule has 1 aliphatic carbocycles. The van der Waals surface area contributed by atoms with Crippen molar-refractivity contribution in [3.05, 3.63) is 0 Å². The number of hydrogen-bond acceptors (Lipinski definition) is 1. The van der Waals surface area contributed by atoms with Crippen molar-refractivity contribution in [2.45, 2.75) is 65.1 Å². The summed E-state index contributed by atoms with van der Waals surface area (Å²) in [6, 6.07) is 0. The molecule has 0 N–H and O–H groups in total. The van der Waals surface area contributed by atoms with Crippen molar-refractivity contribution in [2.24, 2.45) is 17.8 Å². The Balaban J connectivity index is 2.69. The van der Waals surface area contributed by atoms with E-state index in [1.807, 2.05) is 13.8 Å². The minimum atomic E-state index is -2.55. The molecule has 1 saturated carbocycles. The molecule has 1 rings (SSSR count). The molecule has 1 unspecified atom stereocenters. The third-order valence-corrected chi connectivity index (χ3v) is 9.60. The van der Waals surface area contributed by atoms with Gasteiger partial charge >= 0.3 is 0 Å². The zero-order valence-corrected chi connectivity index (χ0v) is 13.8. The lowest BCUT2D eigenvalue weighted by Crippen LogP contribution is -2.44. The van der Waals surface area contributed by atoms with E-state index < -0.39 is 20.2 Å². The first kappa shape index (κ1) is 16.1. The lowest BCUT2D eigenvalue weighted by atomic mass is 9.92. The average molecular weight is 278 g/mol. The molecule has 1 aliphatic rings. The Morgan fingerprint density at radius 1 is 1.22 bits per heavy atom. The van der Waals surface area contributed by atoms with Crippen LogP contribution in [0.3, 0.4) is 0 Å². The van der Waals surface area contributed by atoms with Crippen molar-refractivity contribution >= 4 is 8.32 Å². The fourth-order valence-electron chi connectivity index (χ4n) is 2.34. The van der Waals surface area contributed by atoms with Crippen LogP contribution < -0.4 is 0 Å². The molecular formula is C14H28F2OSi. The Morgan fingerprint density at radius 3 is 2.06 bits per heavy atom. The molecule has 0 heterocycles. The van der Waals surface area contributed by atoms with Gasteiger partial charge in [0.25, 0.3) is 5.92 Å². The van der Waals surface area contributed by atoms with Gasteiger partial charge in [0.15, 0.2) is 8.32 Å². The number of halogens is 2. The third-order valence-electron chi connectivity index (χ3n) is 5.10. The Morgan fingerprint density at radius 2 is 1.72 bits per heavy atom. The van der Waals surface area contributed by atoms with E-state index in [9.17, 15) is 8.78 Å². The van der Waals surface area contributed by atoms with Crippen molar-refractivity contribution in [2.75, 3.05) is 6.61 Å². The second kappa shape index (κ2) is 4.86. The highest BCUT2D eigenvalue weighted by atomic mass is 28.4. The predicted octanol–water partition coefficient (Wildman–Crippen LogP) is 4.94. The van der Waals surface area contributed by atoms with E-state index in [0.717, 1.165) is 0 Å². The van der Waals surface area contributed by atoms with Crippen LogP contribution in [0.4, 0.5) is 8.78 Å². The predicted molar refractivity (Wildman–Crippen MR) is 74.5 cm³/mol. The number of alkyl halides is 2. The topological polar surface area (TPSA) is 9.23 Å². The molecule has 0 amide bonds. The van der Waals surface area contributed by atoms with E-state index in [4.69, 9.17) is 4.43 Å². The first-order chi connectivity index (χ1) is 7.88. The van der Waals surface area contributed by atoms with E-state index >= 15 is 0 Å². The van der Waals surface area contributed by atoms with Gasteiger partial charge in [-0.1, -0.05) is 34.6 Å². The molecule has 1 fully saturated rings. The van der Waals surface area contributed by atoms with Crippen molar-refractivity contribution in [1.29, 1.82) is 0 Å². The fraction of sp³-hybridized carbons (Fsp3) is 1.00. The molecular weight excluding hydrogens is 250 g/mol. The second-order valence-electron chi connectivity index (χ2n) is 7.48. The fourth-order valence-corrected chi connectivity index (χ4v) is 3.37. The van der Waals surface area contributed by atoms with Crippen LogP contribution >= 0.6 is 0 Å². The first-order valence-electron chi connectivity index (χ1n) is 6.90. The Hall–Kier alpha value is 0.0369. The zero-order valence-electron chi connectivity index (χ0n) is 12.8. The minimum absolute atomic E-state index is 0.0136. The van der Waals surface area contributed by atoms with Crippen LogP contribution in [0.2, 0.25) is 18.1 Å². The Labute approximate surface area is 111 Å². The second-order valence-corrected chi connectivity index (χ2v) is 12.3. The van der Waals surface area contributed by atoms with Crippen LogP contribution in [0.5, 0.6) is 0 Å². The maximum Gasteiger partial charge on any atom is 0.253 e. The average Bonchev–Trinajstić information content (AvgIpc) is 2.32. The van der Waals surface area contributed by atoms with Gasteiger partial charge in [-0.3, -0.25) is 0 Å². The molecule has 0 bridgehead atoms. The number of rotatable bonds is 3. The highest BCUT2D eigenvalue weighted by Gasteiger charge is 2.52. The summed E-state index contributed by atoms with van der Waals surface area (Å²) in [6.07, 6.45) is 0.0136. The van der Waals surface area contributed by atoms with Crippen molar-refractivity contribution < 1.29 is 13.2 Å². The van der Waals surface area contributed by atoms with E-state index in [2.05, 4.69) is 33.9 Å². The summed E-state index contributed by atoms with van der Waals surface area (Å²) in [5, 5.41) is 0.0791. The quantitative estimate of drug-likeness (QED) is 0.665. The smallest absolute Gasteiger partial charge is 0.253 e. The molecule has 0 aliphatic heterocycles. The molecule has 0 aromatic heterocycles. The van der Waals surface area contributed by atoms with Crippen LogP contribution in [0.15, 0.2) is 0 Å². The van der Waals surface area contributed by atoms with Gasteiger partial charge in [0.2, 0.25) is 0 Å². The maximum absolute atomic E-state index is 13.9. The summed E-state index contributed by atoms with van der Waals surface area (Å²) >= 11 is 0. The first-order valence-corrected chi connectivity index (χ1v) is 9.81. The van der Waals surface area contributed by atoms with E-state index in [0.29, 0.717) is 0 Å². The third kappa shape index (κ3) is 3.13. The molecule has 18 heavy (non-hydrogen) atoms. The minimum Gasteiger partial charge on any atom is -0.416 e. The molecule has 0 spiro atoms. The summed E-state index contributed by atoms with van der Waals surface area (Å²) in [7, 11) is -1.92. The van der Waals surface area contributed by atoms with Gasteiger partial charge < -0.3 is 4.43 Å². The molecule has 0 aromatic rings. The summed E-state index contributed by atoms with van der Waals surface area (Å²) in [4.78, 5) is 0. The molecule has 0 aromatic carbocycles. The largest absolute Gasteiger partial charge is 0.416 e. The molecule has 3 atom stereocenters. The highest BCUT2D eigenvalue weighted by Crippen LogP contribution is 2.48. The maximum atomic E-state index is 13.9. The molecule has 0 radical (unpaired) electrons. The van der Waals surface area contributed by atoms with E-state index in [1.165, 1.54) is 0 Å². The van der Waals surface area contributed by atoms with E-state index in [-0.39, 0.29) is 29.9 Å². The Kier molecular flexibility index (Phi) is 4.34. The summed E-state index contributed by atoms with van der Waals surface area (Å²) in [5.74, 6) is -3.03. The van der Waals surface area contributed by atoms with Crippen LogP contribution in [0.25, 0.3) is 0 Å². The summed E-state index contributed by atoms with van der Waals surface area (Å²) in [6.45, 7) is 14.7. The lowest BCUT2D eigenvalue weighted by molar-refractivity contribution is -0.0611. The van der Waals surface area contributed by atoms with Gasteiger partial charge in [-0.05, 0) is 30.0 Å². The highest BCUT2D eigenvalue weighted by molar-refractivity contribution is 6.74. The van der Waals surface area contributed by atoms with Gasteiger partial charge in [0, 0.05) is 18.9 Å². The lowest BCUT2D eigenvalue weighted by Gasteiger charge is -2.38. The van der Waals surface area contributed by atoms with Crippen molar-refractivity contribution in [1.82, 2.24) is 0 Å². The zero-order chi connectivity index (χ0) is 14.4. The molecule has 4 heteroatoms. The van der Waals surface area contributed by atoms with Crippen LogP contribution in [-0.2, 0) is 4.43 Å². The normalized spacial score (nSPS) is 32.8. The molecule has 1 nitrogen and oxygen atoms in total. The molecule has 108 valence electrons. The molecule has 0 saturated heterocycles. The SMILES string of the molecule is CC1CC(F)(F)[C@@H](CO[Si](C)(C)C(C)(C)C)[C@@H]1C. The standard InChI is InChI=1S/C14H28F2OSi/c1-10-8-14(15,16)12(11(10)2)9-17-18(6,7)13(3,4)5/h10-12H,8-9H2,1-7H3/t10?,11-,12+/m1/s1. The summed E-state index contributed by atoms with van der Waals surface area (Å²) in [5.41, 5.74) is 0. The van der Waals surface area contributed by atoms with Crippen molar-refractivity contribution in [3.63, 3.8) is 0 Å². The van der Waals surface area contributed by atoms with Gasteiger partial charge in [-0.2, -0.15) is 0 Å². The summed E-state index contributed by atoms with van der Waals surface area (Å²) < 4.78 is 33.8. The van der Waals surface area contributed by atoms with Gasteiger partial charge in [0.05, 0.1) is 0 Å². The van der Waals surface area contributed by atoms with Gasteiger partial charge in [-0.25, -0.2) is 8.78 Å². The monoisotopic (exact) mass is 278 g/mol. The van der Waals surface area contributed by atoms with Crippen LogP contribution in [-0.4, -0.2) is 20.8 Å². The van der Waals surface area contributed by atoms with Crippen molar-refractivity contribution in [3.8, 4) is 0 Å². The van der Waals surface area contributed by atoms with Crippen LogP contribution in [0.1, 0.15) is 41.0 Å². The van der Waals surface area contributed by atoms with Crippen LogP contribution in [0, 0.1) is 17.8 Å².